The van der Waals surface area contributed by atoms with Gasteiger partial charge in [0.15, 0.2) is 17.2 Å². The molecule has 3 heterocycles. The Morgan fingerprint density at radius 3 is 2.69 bits per heavy atom. The number of ether oxygens (including phenoxy) is 2. The number of aromatic amines is 1. The Bertz CT molecular complexity index is 1170. The fraction of sp³-hybridized carbons (Fsp3) is 0.560. The number of fused-ring (bicyclic) bond motifs is 1. The second-order valence-electron chi connectivity index (χ2n) is 9.02. The lowest BCUT2D eigenvalue weighted by atomic mass is 10.0. The SMILES string of the molecule is CCCCn1c(N)c(N(CC)C(=O)CN2CCC[C@H]2c2ccc3c(c2)OCCCO3)c(=O)[nH]c1=O. The summed E-state index contributed by atoms with van der Waals surface area (Å²) in [6.07, 6.45) is 4.33. The van der Waals surface area contributed by atoms with Gasteiger partial charge in [-0.15, -0.1) is 0 Å². The molecule has 0 radical (unpaired) electrons. The first kappa shape index (κ1) is 24.8. The zero-order chi connectivity index (χ0) is 24.9. The first-order chi connectivity index (χ1) is 16.9. The highest BCUT2D eigenvalue weighted by molar-refractivity contribution is 5.96. The van der Waals surface area contributed by atoms with Crippen molar-refractivity contribution in [3.63, 3.8) is 0 Å². The third-order valence-electron chi connectivity index (χ3n) is 6.69. The van der Waals surface area contributed by atoms with Gasteiger partial charge in [0.05, 0.1) is 19.8 Å². The van der Waals surface area contributed by atoms with Crippen LogP contribution in [0.3, 0.4) is 0 Å². The molecule has 0 unspecified atom stereocenters. The minimum Gasteiger partial charge on any atom is -0.490 e. The lowest BCUT2D eigenvalue weighted by Crippen LogP contribution is -2.45. The highest BCUT2D eigenvalue weighted by atomic mass is 16.5. The normalized spacial score (nSPS) is 17.8. The quantitative estimate of drug-likeness (QED) is 0.588. The molecule has 1 fully saturated rings. The molecule has 10 nitrogen and oxygen atoms in total. The van der Waals surface area contributed by atoms with Crippen molar-refractivity contribution in [3.8, 4) is 11.5 Å². The van der Waals surface area contributed by atoms with Crippen LogP contribution in [0.5, 0.6) is 11.5 Å². The number of benzene rings is 1. The Labute approximate surface area is 204 Å². The van der Waals surface area contributed by atoms with Gasteiger partial charge in [0.1, 0.15) is 5.82 Å². The minimum absolute atomic E-state index is 0.0308. The van der Waals surface area contributed by atoms with Crippen LogP contribution in [0.4, 0.5) is 11.5 Å². The monoisotopic (exact) mass is 485 g/mol. The van der Waals surface area contributed by atoms with E-state index in [1.165, 1.54) is 9.47 Å². The number of nitrogen functional groups attached to an aromatic ring is 1. The van der Waals surface area contributed by atoms with E-state index >= 15 is 0 Å². The molecule has 4 rings (SSSR count). The number of H-pyrrole nitrogens is 1. The van der Waals surface area contributed by atoms with E-state index in [1.807, 2.05) is 25.1 Å². The number of carbonyl (C=O) groups is 1. The molecule has 190 valence electrons. The fourth-order valence-electron chi connectivity index (χ4n) is 4.87. The van der Waals surface area contributed by atoms with E-state index in [4.69, 9.17) is 15.2 Å². The maximum Gasteiger partial charge on any atom is 0.330 e. The summed E-state index contributed by atoms with van der Waals surface area (Å²) in [5, 5.41) is 0. The highest BCUT2D eigenvalue weighted by Crippen LogP contribution is 2.38. The van der Waals surface area contributed by atoms with Crippen LogP contribution >= 0.6 is 0 Å². The summed E-state index contributed by atoms with van der Waals surface area (Å²) in [6, 6.07) is 6.04. The number of amides is 1. The van der Waals surface area contributed by atoms with Crippen LogP contribution < -0.4 is 31.4 Å². The lowest BCUT2D eigenvalue weighted by molar-refractivity contribution is -0.120. The van der Waals surface area contributed by atoms with E-state index < -0.39 is 11.2 Å². The topological polar surface area (TPSA) is 123 Å². The van der Waals surface area contributed by atoms with Crippen molar-refractivity contribution in [2.24, 2.45) is 0 Å². The van der Waals surface area contributed by atoms with Crippen LogP contribution in [0, 0.1) is 0 Å². The summed E-state index contributed by atoms with van der Waals surface area (Å²) in [4.78, 5) is 44.3. The van der Waals surface area contributed by atoms with Crippen LogP contribution in [-0.2, 0) is 11.3 Å². The van der Waals surface area contributed by atoms with E-state index in [1.54, 1.807) is 6.92 Å². The molecule has 1 atom stereocenters. The van der Waals surface area contributed by atoms with E-state index in [2.05, 4.69) is 9.88 Å². The van der Waals surface area contributed by atoms with Crippen LogP contribution in [0.25, 0.3) is 0 Å². The smallest absolute Gasteiger partial charge is 0.330 e. The molecule has 1 saturated heterocycles. The largest absolute Gasteiger partial charge is 0.490 e. The van der Waals surface area contributed by atoms with Crippen molar-refractivity contribution < 1.29 is 14.3 Å². The molecule has 2 aliphatic heterocycles. The number of anilines is 2. The molecule has 2 aromatic rings. The third-order valence-corrected chi connectivity index (χ3v) is 6.69. The second-order valence-corrected chi connectivity index (χ2v) is 9.02. The van der Waals surface area contributed by atoms with Gasteiger partial charge in [0.2, 0.25) is 5.91 Å². The van der Waals surface area contributed by atoms with Crippen LogP contribution in [-0.4, -0.2) is 53.2 Å². The molecule has 10 heteroatoms. The Hall–Kier alpha value is -3.27. The third kappa shape index (κ3) is 5.22. The summed E-state index contributed by atoms with van der Waals surface area (Å²) in [5.74, 6) is 1.29. The van der Waals surface area contributed by atoms with Gasteiger partial charge in [0.25, 0.3) is 5.56 Å². The van der Waals surface area contributed by atoms with E-state index in [9.17, 15) is 14.4 Å². The fourth-order valence-corrected chi connectivity index (χ4v) is 4.87. The molecule has 2 aliphatic rings. The highest BCUT2D eigenvalue weighted by Gasteiger charge is 2.31. The van der Waals surface area contributed by atoms with Crippen LogP contribution in [0.1, 0.15) is 57.6 Å². The van der Waals surface area contributed by atoms with Crippen molar-refractivity contribution in [1.29, 1.82) is 0 Å². The van der Waals surface area contributed by atoms with Gasteiger partial charge < -0.3 is 20.1 Å². The van der Waals surface area contributed by atoms with Crippen LogP contribution in [0.2, 0.25) is 0 Å². The predicted molar refractivity (Wildman–Crippen MR) is 134 cm³/mol. The number of nitrogens with two attached hydrogens (primary N) is 1. The van der Waals surface area contributed by atoms with Gasteiger partial charge >= 0.3 is 5.69 Å². The number of nitrogens with one attached hydrogen (secondary N) is 1. The van der Waals surface area contributed by atoms with Gasteiger partial charge in [0, 0.05) is 25.6 Å². The molecular formula is C25H35N5O5. The molecule has 3 N–H and O–H groups in total. The first-order valence-corrected chi connectivity index (χ1v) is 12.5. The molecule has 0 spiro atoms. The Morgan fingerprint density at radius 1 is 1.17 bits per heavy atom. The van der Waals surface area contributed by atoms with Gasteiger partial charge in [-0.05, 0) is 50.4 Å². The average molecular weight is 486 g/mol. The van der Waals surface area contributed by atoms with E-state index in [0.29, 0.717) is 19.8 Å². The number of rotatable bonds is 8. The van der Waals surface area contributed by atoms with Gasteiger partial charge in [-0.2, -0.15) is 0 Å². The predicted octanol–water partition coefficient (Wildman–Crippen LogP) is 2.27. The lowest BCUT2D eigenvalue weighted by Gasteiger charge is -2.29. The van der Waals surface area contributed by atoms with Gasteiger partial charge in [-0.1, -0.05) is 19.4 Å². The van der Waals surface area contributed by atoms with E-state index in [-0.39, 0.29) is 36.5 Å². The number of hydrogen-bond donors (Lipinski definition) is 2. The van der Waals surface area contributed by atoms with E-state index in [0.717, 1.165) is 55.7 Å². The molecule has 0 bridgehead atoms. The Balaban J connectivity index is 1.56. The Kier molecular flexibility index (Phi) is 7.80. The van der Waals surface area contributed by atoms with Crippen molar-refractivity contribution >= 4 is 17.4 Å². The summed E-state index contributed by atoms with van der Waals surface area (Å²) in [7, 11) is 0. The molecule has 35 heavy (non-hydrogen) atoms. The number of aromatic nitrogens is 2. The molecule has 1 aromatic heterocycles. The van der Waals surface area contributed by atoms with Crippen molar-refractivity contribution in [2.45, 2.75) is 58.5 Å². The minimum atomic E-state index is -0.642. The second kappa shape index (κ2) is 11.0. The number of likely N-dealkylation sites (N-methyl/N-ethyl adjacent to an activating group) is 1. The number of carbonyl (C=O) groups excluding carboxylic acids is 1. The summed E-state index contributed by atoms with van der Waals surface area (Å²) in [5.41, 5.74) is 6.18. The van der Waals surface area contributed by atoms with Gasteiger partial charge in [-0.3, -0.25) is 24.0 Å². The van der Waals surface area contributed by atoms with Crippen LogP contribution in [0.15, 0.2) is 27.8 Å². The molecule has 1 amide bonds. The summed E-state index contributed by atoms with van der Waals surface area (Å²) >= 11 is 0. The first-order valence-electron chi connectivity index (χ1n) is 12.5. The molecule has 0 saturated carbocycles. The average Bonchev–Trinajstić information content (AvgIpc) is 3.16. The van der Waals surface area contributed by atoms with Crippen molar-refractivity contribution in [1.82, 2.24) is 14.5 Å². The standard InChI is InChI=1S/C25H35N5O5/c1-3-5-12-30-23(26)22(24(32)27-25(30)33)29(4-2)21(31)16-28-11-6-8-18(28)17-9-10-19-20(15-17)35-14-7-13-34-19/h9-10,15,18H,3-8,11-14,16,26H2,1-2H3,(H,27,32,33)/t18-/m0/s1. The van der Waals surface area contributed by atoms with Gasteiger partial charge in [-0.25, -0.2) is 4.79 Å². The Morgan fingerprint density at radius 2 is 1.94 bits per heavy atom. The molecule has 1 aromatic carbocycles. The summed E-state index contributed by atoms with van der Waals surface area (Å²) < 4.78 is 12.9. The zero-order valence-corrected chi connectivity index (χ0v) is 20.5. The molecule has 0 aliphatic carbocycles. The maximum atomic E-state index is 13.4. The van der Waals surface area contributed by atoms with Crippen molar-refractivity contribution in [3.05, 3.63) is 44.6 Å². The number of likely N-dealkylation sites (tertiary alicyclic amines) is 1. The number of hydrogen-bond acceptors (Lipinski definition) is 7. The van der Waals surface area contributed by atoms with Crippen molar-refractivity contribution in [2.75, 3.05) is 43.5 Å². The maximum absolute atomic E-state index is 13.4. The number of nitrogens with zero attached hydrogens (tertiary/aromatic N) is 3. The zero-order valence-electron chi connectivity index (χ0n) is 20.5. The number of unbranched alkanes of at least 4 members (excludes halogenated alkanes) is 1. The molecular weight excluding hydrogens is 450 g/mol. The summed E-state index contributed by atoms with van der Waals surface area (Å²) in [6.45, 7) is 6.61.